The molecule has 0 bridgehead atoms. The van der Waals surface area contributed by atoms with E-state index in [0.717, 1.165) is 24.6 Å². The monoisotopic (exact) mass is 299 g/mol. The summed E-state index contributed by atoms with van der Waals surface area (Å²) in [6.07, 6.45) is 2.56. The highest BCUT2D eigenvalue weighted by Crippen LogP contribution is 2.47. The third-order valence-electron chi connectivity index (χ3n) is 4.61. The van der Waals surface area contributed by atoms with Crippen molar-refractivity contribution in [2.75, 3.05) is 18.0 Å². The minimum Gasteiger partial charge on any atom is -0.455 e. The third kappa shape index (κ3) is 2.09. The van der Waals surface area contributed by atoms with Gasteiger partial charge in [-0.25, -0.2) is 0 Å². The summed E-state index contributed by atoms with van der Waals surface area (Å²) in [4.78, 5) is 2.43. The van der Waals surface area contributed by atoms with Crippen molar-refractivity contribution in [1.82, 2.24) is 0 Å². The van der Waals surface area contributed by atoms with Gasteiger partial charge in [0.2, 0.25) is 0 Å². The van der Waals surface area contributed by atoms with Gasteiger partial charge in [-0.05, 0) is 25.0 Å². The standard InChI is InChI=1S/C18H18ClNO/c1-12-14-8-7-13(20-9-2-3-10-20)11-17(14)21-18-15(12)5-4-6-16(18)19/h4-8,11-12H,2-3,9-10H2,1H3. The topological polar surface area (TPSA) is 12.5 Å². The number of para-hydroxylation sites is 1. The van der Waals surface area contributed by atoms with Gasteiger partial charge in [0.25, 0.3) is 0 Å². The van der Waals surface area contributed by atoms with Gasteiger partial charge in [-0.2, -0.15) is 0 Å². The number of ether oxygens (including phenoxy) is 1. The van der Waals surface area contributed by atoms with Crippen LogP contribution in [0.25, 0.3) is 0 Å². The average molecular weight is 300 g/mol. The zero-order valence-corrected chi connectivity index (χ0v) is 12.9. The maximum atomic E-state index is 6.31. The van der Waals surface area contributed by atoms with Gasteiger partial charge in [-0.3, -0.25) is 0 Å². The smallest absolute Gasteiger partial charge is 0.149 e. The predicted octanol–water partition coefficient (Wildman–Crippen LogP) is 5.20. The Morgan fingerprint density at radius 3 is 2.71 bits per heavy atom. The molecule has 2 nitrogen and oxygen atoms in total. The van der Waals surface area contributed by atoms with E-state index in [4.69, 9.17) is 16.3 Å². The predicted molar refractivity (Wildman–Crippen MR) is 86.9 cm³/mol. The molecule has 2 heterocycles. The van der Waals surface area contributed by atoms with Crippen molar-refractivity contribution in [3.05, 3.63) is 52.5 Å². The lowest BCUT2D eigenvalue weighted by atomic mass is 9.89. The summed E-state index contributed by atoms with van der Waals surface area (Å²) in [6, 6.07) is 12.6. The van der Waals surface area contributed by atoms with Gasteiger partial charge >= 0.3 is 0 Å². The lowest BCUT2D eigenvalue weighted by Gasteiger charge is -2.28. The molecule has 0 radical (unpaired) electrons. The van der Waals surface area contributed by atoms with Gasteiger partial charge in [0.1, 0.15) is 11.5 Å². The van der Waals surface area contributed by atoms with Crippen LogP contribution in [0.2, 0.25) is 5.02 Å². The Bertz CT molecular complexity index is 692. The van der Waals surface area contributed by atoms with E-state index >= 15 is 0 Å². The maximum Gasteiger partial charge on any atom is 0.149 e. The molecule has 1 atom stereocenters. The minimum atomic E-state index is 0.315. The number of rotatable bonds is 1. The van der Waals surface area contributed by atoms with Crippen LogP contribution in [0.5, 0.6) is 11.5 Å². The fourth-order valence-corrected chi connectivity index (χ4v) is 3.61. The summed E-state index contributed by atoms with van der Waals surface area (Å²) in [5.74, 6) is 2.08. The molecule has 2 aliphatic heterocycles. The van der Waals surface area contributed by atoms with Crippen LogP contribution < -0.4 is 9.64 Å². The molecule has 2 aromatic carbocycles. The number of anilines is 1. The highest BCUT2D eigenvalue weighted by Gasteiger charge is 2.26. The summed E-state index contributed by atoms with van der Waals surface area (Å²) in [5, 5.41) is 0.691. The van der Waals surface area contributed by atoms with Crippen molar-refractivity contribution < 1.29 is 4.74 Å². The molecular formula is C18H18ClNO. The fraction of sp³-hybridized carbons (Fsp3) is 0.333. The van der Waals surface area contributed by atoms with Crippen LogP contribution in [0.15, 0.2) is 36.4 Å². The van der Waals surface area contributed by atoms with E-state index in [2.05, 4.69) is 36.1 Å². The van der Waals surface area contributed by atoms with Crippen molar-refractivity contribution in [3.8, 4) is 11.5 Å². The largest absolute Gasteiger partial charge is 0.455 e. The lowest BCUT2D eigenvalue weighted by Crippen LogP contribution is -2.18. The van der Waals surface area contributed by atoms with Crippen LogP contribution in [0.3, 0.4) is 0 Å². The first-order chi connectivity index (χ1) is 10.2. The highest BCUT2D eigenvalue weighted by molar-refractivity contribution is 6.32. The van der Waals surface area contributed by atoms with E-state index in [9.17, 15) is 0 Å². The Morgan fingerprint density at radius 1 is 1.10 bits per heavy atom. The molecule has 21 heavy (non-hydrogen) atoms. The van der Waals surface area contributed by atoms with Crippen molar-refractivity contribution in [1.29, 1.82) is 0 Å². The molecule has 0 saturated carbocycles. The molecule has 1 saturated heterocycles. The molecule has 0 amide bonds. The molecule has 2 aliphatic rings. The summed E-state index contributed by atoms with van der Waals surface area (Å²) in [7, 11) is 0. The molecule has 108 valence electrons. The van der Waals surface area contributed by atoms with Crippen molar-refractivity contribution >= 4 is 17.3 Å². The molecule has 4 rings (SSSR count). The second-order valence-electron chi connectivity index (χ2n) is 5.90. The van der Waals surface area contributed by atoms with Crippen LogP contribution in [0.1, 0.15) is 36.8 Å². The Morgan fingerprint density at radius 2 is 1.90 bits per heavy atom. The summed E-state index contributed by atoms with van der Waals surface area (Å²) >= 11 is 6.31. The van der Waals surface area contributed by atoms with E-state index in [1.54, 1.807) is 0 Å². The SMILES string of the molecule is CC1c2ccc(N3CCCC3)cc2Oc2c(Cl)cccc21. The normalized spacial score (nSPS) is 19.9. The molecule has 0 aliphatic carbocycles. The molecule has 0 aromatic heterocycles. The highest BCUT2D eigenvalue weighted by atomic mass is 35.5. The first-order valence-electron chi connectivity index (χ1n) is 7.59. The number of hydrogen-bond acceptors (Lipinski definition) is 2. The third-order valence-corrected chi connectivity index (χ3v) is 4.91. The van der Waals surface area contributed by atoms with E-state index < -0.39 is 0 Å². The second-order valence-corrected chi connectivity index (χ2v) is 6.31. The number of nitrogens with zero attached hydrogens (tertiary/aromatic N) is 1. The van der Waals surface area contributed by atoms with Gasteiger partial charge in [-0.1, -0.05) is 36.7 Å². The molecular weight excluding hydrogens is 282 g/mol. The van der Waals surface area contributed by atoms with E-state index in [1.807, 2.05) is 12.1 Å². The quantitative estimate of drug-likeness (QED) is 0.718. The minimum absolute atomic E-state index is 0.315. The molecule has 0 spiro atoms. The van der Waals surface area contributed by atoms with Gasteiger partial charge in [-0.15, -0.1) is 0 Å². The van der Waals surface area contributed by atoms with Crippen molar-refractivity contribution in [3.63, 3.8) is 0 Å². The lowest BCUT2D eigenvalue weighted by molar-refractivity contribution is 0.450. The van der Waals surface area contributed by atoms with E-state index in [1.165, 1.54) is 29.7 Å². The Labute approximate surface area is 130 Å². The summed E-state index contributed by atoms with van der Waals surface area (Å²) < 4.78 is 6.12. The number of halogens is 1. The molecule has 3 heteroatoms. The molecule has 2 aromatic rings. The zero-order valence-electron chi connectivity index (χ0n) is 12.1. The van der Waals surface area contributed by atoms with Gasteiger partial charge in [0, 0.05) is 41.9 Å². The number of benzene rings is 2. The second kappa shape index (κ2) is 4.96. The number of hydrogen-bond donors (Lipinski definition) is 0. The van der Waals surface area contributed by atoms with Crippen molar-refractivity contribution in [2.45, 2.75) is 25.7 Å². The average Bonchev–Trinajstić information content (AvgIpc) is 3.02. The van der Waals surface area contributed by atoms with Crippen LogP contribution in [-0.4, -0.2) is 13.1 Å². The molecule has 1 unspecified atom stereocenters. The summed E-state index contributed by atoms with van der Waals surface area (Å²) in [6.45, 7) is 4.50. The first-order valence-corrected chi connectivity index (χ1v) is 7.97. The zero-order chi connectivity index (χ0) is 14.4. The van der Waals surface area contributed by atoms with Crippen LogP contribution in [0, 0.1) is 0 Å². The van der Waals surface area contributed by atoms with Crippen molar-refractivity contribution in [2.24, 2.45) is 0 Å². The van der Waals surface area contributed by atoms with Crippen LogP contribution in [-0.2, 0) is 0 Å². The van der Waals surface area contributed by atoms with Crippen LogP contribution in [0.4, 0.5) is 5.69 Å². The van der Waals surface area contributed by atoms with Gasteiger partial charge in [0.15, 0.2) is 0 Å². The molecule has 1 fully saturated rings. The van der Waals surface area contributed by atoms with E-state index in [0.29, 0.717) is 10.9 Å². The fourth-order valence-electron chi connectivity index (χ4n) is 3.39. The van der Waals surface area contributed by atoms with Crippen LogP contribution >= 0.6 is 11.6 Å². The number of fused-ring (bicyclic) bond motifs is 2. The Kier molecular flexibility index (Phi) is 3.07. The van der Waals surface area contributed by atoms with Gasteiger partial charge < -0.3 is 9.64 Å². The summed E-state index contributed by atoms with van der Waals surface area (Å²) in [5.41, 5.74) is 3.67. The van der Waals surface area contributed by atoms with Gasteiger partial charge in [0.05, 0.1) is 5.02 Å². The Hall–Kier alpha value is -1.67. The van der Waals surface area contributed by atoms with E-state index in [-0.39, 0.29) is 0 Å². The first kappa shape index (κ1) is 13.0. The molecule has 0 N–H and O–H groups in total. The maximum absolute atomic E-state index is 6.31. The Balaban J connectivity index is 1.77.